The van der Waals surface area contributed by atoms with E-state index in [4.69, 9.17) is 4.74 Å². The minimum Gasteiger partial charge on any atom is -0.462 e. The molecule has 1 aromatic carbocycles. The van der Waals surface area contributed by atoms with Crippen LogP contribution >= 0.6 is 0 Å². The van der Waals surface area contributed by atoms with Crippen molar-refractivity contribution in [1.29, 1.82) is 0 Å². The maximum atomic E-state index is 12.0. The predicted octanol–water partition coefficient (Wildman–Crippen LogP) is 1.51. The van der Waals surface area contributed by atoms with E-state index in [-0.39, 0.29) is 29.9 Å². The first-order chi connectivity index (χ1) is 8.74. The fourth-order valence-corrected chi connectivity index (χ4v) is 2.77. The summed E-state index contributed by atoms with van der Waals surface area (Å²) in [5.41, 5.74) is 0.631. The zero-order valence-electron chi connectivity index (χ0n) is 9.96. The third-order valence-electron chi connectivity index (χ3n) is 3.74. The van der Waals surface area contributed by atoms with E-state index in [1.165, 1.54) is 0 Å². The summed E-state index contributed by atoms with van der Waals surface area (Å²) in [4.78, 5) is 23.6. The standard InChI is InChI=1S/C14H15NO3/c16-13(9-4-2-1-3-5-9)15-12-7-6-10-8-11(12)14(17)18-10/h1-5,10-12H,6-8H2,(H,15,16)/t10-,11+,12-/m1/s1. The Bertz CT molecular complexity index is 471. The maximum Gasteiger partial charge on any atom is 0.311 e. The highest BCUT2D eigenvalue weighted by Gasteiger charge is 2.44. The summed E-state index contributed by atoms with van der Waals surface area (Å²) in [7, 11) is 0. The number of hydrogen-bond donors (Lipinski definition) is 1. The second kappa shape index (κ2) is 4.44. The summed E-state index contributed by atoms with van der Waals surface area (Å²) in [6, 6.07) is 8.99. The van der Waals surface area contributed by atoms with Gasteiger partial charge in [0, 0.05) is 11.6 Å². The molecule has 2 bridgehead atoms. The molecule has 1 saturated carbocycles. The number of esters is 1. The van der Waals surface area contributed by atoms with E-state index >= 15 is 0 Å². The lowest BCUT2D eigenvalue weighted by Gasteiger charge is -2.25. The highest BCUT2D eigenvalue weighted by atomic mass is 16.6. The van der Waals surface area contributed by atoms with Gasteiger partial charge in [-0.15, -0.1) is 0 Å². The van der Waals surface area contributed by atoms with Crippen LogP contribution in [-0.4, -0.2) is 24.0 Å². The third kappa shape index (κ3) is 1.98. The molecule has 1 aliphatic heterocycles. The molecule has 2 aliphatic rings. The van der Waals surface area contributed by atoms with Crippen molar-refractivity contribution in [2.24, 2.45) is 5.92 Å². The minimum atomic E-state index is -0.157. The molecule has 0 radical (unpaired) electrons. The number of nitrogens with one attached hydrogen (secondary N) is 1. The van der Waals surface area contributed by atoms with Gasteiger partial charge in [-0.25, -0.2) is 0 Å². The second-order valence-electron chi connectivity index (χ2n) is 4.92. The SMILES string of the molecule is O=C(N[C@@H]1CC[C@@H]2C[C@@H]1C(=O)O2)c1ccccc1. The number of benzene rings is 1. The van der Waals surface area contributed by atoms with E-state index in [1.54, 1.807) is 12.1 Å². The van der Waals surface area contributed by atoms with Crippen LogP contribution in [0.5, 0.6) is 0 Å². The summed E-state index contributed by atoms with van der Waals surface area (Å²) in [6.07, 6.45) is 2.49. The van der Waals surface area contributed by atoms with Crippen molar-refractivity contribution in [1.82, 2.24) is 5.32 Å². The van der Waals surface area contributed by atoms with Crippen molar-refractivity contribution < 1.29 is 14.3 Å². The number of amides is 1. The molecule has 2 fully saturated rings. The van der Waals surface area contributed by atoms with Crippen LogP contribution in [0, 0.1) is 5.92 Å². The summed E-state index contributed by atoms with van der Waals surface area (Å²) in [5, 5.41) is 2.95. The van der Waals surface area contributed by atoms with Crippen molar-refractivity contribution in [3.8, 4) is 0 Å². The van der Waals surface area contributed by atoms with Gasteiger partial charge in [0.25, 0.3) is 5.91 Å². The molecule has 4 heteroatoms. The van der Waals surface area contributed by atoms with E-state index < -0.39 is 0 Å². The monoisotopic (exact) mass is 245 g/mol. The van der Waals surface area contributed by atoms with Gasteiger partial charge in [-0.2, -0.15) is 0 Å². The Labute approximate surface area is 105 Å². The van der Waals surface area contributed by atoms with E-state index in [0.717, 1.165) is 19.3 Å². The zero-order valence-corrected chi connectivity index (χ0v) is 9.96. The van der Waals surface area contributed by atoms with Crippen LogP contribution in [0.2, 0.25) is 0 Å². The van der Waals surface area contributed by atoms with Gasteiger partial charge in [0.05, 0.1) is 5.92 Å². The minimum absolute atomic E-state index is 0.0763. The van der Waals surface area contributed by atoms with Gasteiger partial charge < -0.3 is 10.1 Å². The number of carbonyl (C=O) groups excluding carboxylic acids is 2. The lowest BCUT2D eigenvalue weighted by Crippen LogP contribution is -2.43. The Kier molecular flexibility index (Phi) is 2.78. The number of ether oxygens (including phenoxy) is 1. The number of rotatable bonds is 2. The largest absolute Gasteiger partial charge is 0.462 e. The van der Waals surface area contributed by atoms with Crippen LogP contribution in [0.15, 0.2) is 30.3 Å². The van der Waals surface area contributed by atoms with Gasteiger partial charge in [-0.05, 0) is 31.4 Å². The average Bonchev–Trinajstić information content (AvgIpc) is 2.70. The fraction of sp³-hybridized carbons (Fsp3) is 0.429. The number of fused-ring (bicyclic) bond motifs is 2. The quantitative estimate of drug-likeness (QED) is 0.803. The Morgan fingerprint density at radius 3 is 2.78 bits per heavy atom. The fourth-order valence-electron chi connectivity index (χ4n) is 2.77. The van der Waals surface area contributed by atoms with Crippen molar-refractivity contribution in [3.05, 3.63) is 35.9 Å². The van der Waals surface area contributed by atoms with Crippen LogP contribution in [0.1, 0.15) is 29.6 Å². The molecule has 4 nitrogen and oxygen atoms in total. The predicted molar refractivity (Wildman–Crippen MR) is 64.9 cm³/mol. The summed E-state index contributed by atoms with van der Waals surface area (Å²) in [6.45, 7) is 0. The molecule has 0 aromatic heterocycles. The molecular weight excluding hydrogens is 230 g/mol. The van der Waals surface area contributed by atoms with Crippen molar-refractivity contribution in [3.63, 3.8) is 0 Å². The average molecular weight is 245 g/mol. The van der Waals surface area contributed by atoms with Crippen molar-refractivity contribution in [2.75, 3.05) is 0 Å². The third-order valence-corrected chi connectivity index (χ3v) is 3.74. The van der Waals surface area contributed by atoms with Gasteiger partial charge in [-0.3, -0.25) is 9.59 Å². The van der Waals surface area contributed by atoms with E-state index in [9.17, 15) is 9.59 Å². The van der Waals surface area contributed by atoms with Crippen LogP contribution in [0.4, 0.5) is 0 Å². The number of carbonyl (C=O) groups is 2. The van der Waals surface area contributed by atoms with Crippen LogP contribution in [0.3, 0.4) is 0 Å². The molecule has 3 atom stereocenters. The van der Waals surface area contributed by atoms with Gasteiger partial charge in [0.15, 0.2) is 0 Å². The normalized spacial score (nSPS) is 29.8. The summed E-state index contributed by atoms with van der Waals surface area (Å²) in [5.74, 6) is -0.425. The van der Waals surface area contributed by atoms with Crippen molar-refractivity contribution >= 4 is 11.9 Å². The molecule has 94 valence electrons. The van der Waals surface area contributed by atoms with E-state index in [2.05, 4.69) is 5.32 Å². The molecule has 18 heavy (non-hydrogen) atoms. The smallest absolute Gasteiger partial charge is 0.311 e. The molecule has 1 aliphatic carbocycles. The zero-order chi connectivity index (χ0) is 12.5. The Balaban J connectivity index is 1.70. The molecule has 1 aromatic rings. The molecule has 1 N–H and O–H groups in total. The number of hydrogen-bond acceptors (Lipinski definition) is 3. The molecule has 0 spiro atoms. The topological polar surface area (TPSA) is 55.4 Å². The van der Waals surface area contributed by atoms with E-state index in [0.29, 0.717) is 5.56 Å². The van der Waals surface area contributed by atoms with Gasteiger partial charge >= 0.3 is 5.97 Å². The highest BCUT2D eigenvalue weighted by Crippen LogP contribution is 2.34. The molecule has 0 unspecified atom stereocenters. The highest BCUT2D eigenvalue weighted by molar-refractivity contribution is 5.94. The Morgan fingerprint density at radius 1 is 1.22 bits per heavy atom. The Morgan fingerprint density at radius 2 is 2.00 bits per heavy atom. The molecule has 1 saturated heterocycles. The molecule has 3 rings (SSSR count). The molecule has 1 amide bonds. The first kappa shape index (κ1) is 11.3. The lowest BCUT2D eigenvalue weighted by molar-refractivity contribution is -0.143. The maximum absolute atomic E-state index is 12.0. The van der Waals surface area contributed by atoms with Crippen LogP contribution in [-0.2, 0) is 9.53 Å². The van der Waals surface area contributed by atoms with Gasteiger partial charge in [0.2, 0.25) is 0 Å². The van der Waals surface area contributed by atoms with Crippen LogP contribution < -0.4 is 5.32 Å². The van der Waals surface area contributed by atoms with Crippen LogP contribution in [0.25, 0.3) is 0 Å². The van der Waals surface area contributed by atoms with Crippen molar-refractivity contribution in [2.45, 2.75) is 31.4 Å². The van der Waals surface area contributed by atoms with Gasteiger partial charge in [0.1, 0.15) is 6.10 Å². The summed E-state index contributed by atoms with van der Waals surface area (Å²) >= 11 is 0. The Hall–Kier alpha value is -1.84. The first-order valence-corrected chi connectivity index (χ1v) is 6.30. The molecular formula is C14H15NO3. The van der Waals surface area contributed by atoms with E-state index in [1.807, 2.05) is 18.2 Å². The molecule has 1 heterocycles. The summed E-state index contributed by atoms with van der Waals surface area (Å²) < 4.78 is 5.21. The van der Waals surface area contributed by atoms with Gasteiger partial charge in [-0.1, -0.05) is 18.2 Å². The first-order valence-electron chi connectivity index (χ1n) is 6.30. The second-order valence-corrected chi connectivity index (χ2v) is 4.92. The lowest BCUT2D eigenvalue weighted by atomic mass is 9.85.